The van der Waals surface area contributed by atoms with Crippen LogP contribution in [-0.4, -0.2) is 40.2 Å². The van der Waals surface area contributed by atoms with Gasteiger partial charge >= 0.3 is 0 Å². The van der Waals surface area contributed by atoms with Crippen molar-refractivity contribution in [3.8, 4) is 0 Å². The fourth-order valence-corrected chi connectivity index (χ4v) is 5.51. The third-order valence-corrected chi connectivity index (χ3v) is 7.41. The first kappa shape index (κ1) is 22.7. The fourth-order valence-electron chi connectivity index (χ4n) is 5.51. The number of aromatic nitrogens is 3. The molecule has 2 aromatic heterocycles. The van der Waals surface area contributed by atoms with Crippen molar-refractivity contribution >= 4 is 10.9 Å². The van der Waals surface area contributed by atoms with Crippen LogP contribution in [0, 0.1) is 12.7 Å². The molecule has 0 radical (unpaired) electrons. The van der Waals surface area contributed by atoms with Crippen LogP contribution in [0.15, 0.2) is 59.3 Å². The topological polar surface area (TPSA) is 70.0 Å². The normalized spacial score (nSPS) is 21.9. The van der Waals surface area contributed by atoms with Gasteiger partial charge in [0.2, 0.25) is 5.89 Å². The van der Waals surface area contributed by atoms with Gasteiger partial charge in [-0.15, -0.1) is 0 Å². The number of aryl methyl sites for hydroxylation is 1. The van der Waals surface area contributed by atoms with Crippen LogP contribution < -0.4 is 5.32 Å². The second kappa shape index (κ2) is 9.31. The van der Waals surface area contributed by atoms with Gasteiger partial charge in [-0.05, 0) is 82.4 Å². The lowest BCUT2D eigenvalue weighted by Gasteiger charge is -2.46. The zero-order chi connectivity index (χ0) is 23.7. The minimum absolute atomic E-state index is 0.0774. The highest BCUT2D eigenvalue weighted by Gasteiger charge is 2.39. The van der Waals surface area contributed by atoms with E-state index in [-0.39, 0.29) is 17.4 Å². The van der Waals surface area contributed by atoms with Gasteiger partial charge < -0.3 is 14.8 Å². The molecule has 2 heterocycles. The van der Waals surface area contributed by atoms with Crippen LogP contribution in [0.4, 0.5) is 4.39 Å². The highest BCUT2D eigenvalue weighted by molar-refractivity contribution is 5.83. The zero-order valence-corrected chi connectivity index (χ0v) is 20.0. The highest BCUT2D eigenvalue weighted by Crippen LogP contribution is 2.42. The summed E-state index contributed by atoms with van der Waals surface area (Å²) in [5.41, 5.74) is 3.25. The first-order chi connectivity index (χ1) is 16.4. The molecule has 1 atom stereocenters. The molecule has 1 aliphatic carbocycles. The molecule has 0 saturated heterocycles. The number of hydrogen-bond donors (Lipinski definition) is 2. The van der Waals surface area contributed by atoms with Crippen LogP contribution in [0.2, 0.25) is 0 Å². The third kappa shape index (κ3) is 4.38. The standard InChI is InChI=1S/C27H32FN5O/c1-18-30-26(34-32-18)25(15-19-17-29-24-10-5-4-9-23(19)24)31-22-11-13-27(14-12-22,33(2)3)20-7-6-8-21(28)16-20/h4-10,16-17,22,25,29,31H,11-15H2,1-3H3. The highest BCUT2D eigenvalue weighted by atomic mass is 19.1. The van der Waals surface area contributed by atoms with Crippen molar-refractivity contribution in [3.63, 3.8) is 0 Å². The lowest BCUT2D eigenvalue weighted by molar-refractivity contribution is 0.0818. The second-order valence-corrected chi connectivity index (χ2v) is 9.67. The molecule has 0 spiro atoms. The summed E-state index contributed by atoms with van der Waals surface area (Å²) in [6.45, 7) is 1.85. The molecule has 5 rings (SSSR count). The molecule has 178 valence electrons. The maximum atomic E-state index is 14.0. The van der Waals surface area contributed by atoms with E-state index < -0.39 is 0 Å². The van der Waals surface area contributed by atoms with Gasteiger partial charge in [0.1, 0.15) is 5.82 Å². The summed E-state index contributed by atoms with van der Waals surface area (Å²) in [7, 11) is 4.19. The zero-order valence-electron chi connectivity index (χ0n) is 20.0. The average Bonchev–Trinajstić information content (AvgIpc) is 3.45. The summed E-state index contributed by atoms with van der Waals surface area (Å²) in [4.78, 5) is 10.2. The summed E-state index contributed by atoms with van der Waals surface area (Å²) in [5, 5.41) is 9.08. The maximum absolute atomic E-state index is 14.0. The predicted molar refractivity (Wildman–Crippen MR) is 131 cm³/mol. The van der Waals surface area contributed by atoms with Gasteiger partial charge in [0, 0.05) is 28.7 Å². The summed E-state index contributed by atoms with van der Waals surface area (Å²) in [6, 6.07) is 15.6. The molecule has 1 unspecified atom stereocenters. The molecule has 34 heavy (non-hydrogen) atoms. The van der Waals surface area contributed by atoms with Gasteiger partial charge in [-0.2, -0.15) is 4.98 Å². The van der Waals surface area contributed by atoms with Gasteiger partial charge in [0.25, 0.3) is 0 Å². The monoisotopic (exact) mass is 461 g/mol. The van der Waals surface area contributed by atoms with E-state index in [4.69, 9.17) is 4.52 Å². The molecule has 1 fully saturated rings. The van der Waals surface area contributed by atoms with Crippen LogP contribution in [-0.2, 0) is 12.0 Å². The summed E-state index contributed by atoms with van der Waals surface area (Å²) >= 11 is 0. The smallest absolute Gasteiger partial charge is 0.244 e. The Morgan fingerprint density at radius 2 is 1.97 bits per heavy atom. The number of aromatic amines is 1. The van der Waals surface area contributed by atoms with E-state index in [2.05, 4.69) is 69.9 Å². The van der Waals surface area contributed by atoms with Crippen molar-refractivity contribution in [1.29, 1.82) is 0 Å². The number of nitrogens with one attached hydrogen (secondary N) is 2. The van der Waals surface area contributed by atoms with Crippen LogP contribution in [0.5, 0.6) is 0 Å². The molecule has 2 aromatic carbocycles. The van der Waals surface area contributed by atoms with Crippen LogP contribution in [0.25, 0.3) is 10.9 Å². The van der Waals surface area contributed by atoms with E-state index in [9.17, 15) is 4.39 Å². The molecular weight excluding hydrogens is 429 g/mol. The number of hydrogen-bond acceptors (Lipinski definition) is 5. The molecule has 2 N–H and O–H groups in total. The van der Waals surface area contributed by atoms with Crippen molar-refractivity contribution in [1.82, 2.24) is 25.3 Å². The molecule has 6 nitrogen and oxygen atoms in total. The van der Waals surface area contributed by atoms with Gasteiger partial charge in [0.05, 0.1) is 6.04 Å². The largest absolute Gasteiger partial charge is 0.361 e. The Labute approximate surface area is 199 Å². The molecule has 0 aliphatic heterocycles. The lowest BCUT2D eigenvalue weighted by Crippen LogP contribution is -2.48. The van der Waals surface area contributed by atoms with E-state index in [0.717, 1.165) is 43.2 Å². The first-order valence-electron chi connectivity index (χ1n) is 12.0. The molecule has 1 aliphatic rings. The van der Waals surface area contributed by atoms with E-state index in [1.54, 1.807) is 6.07 Å². The van der Waals surface area contributed by atoms with Crippen molar-refractivity contribution < 1.29 is 8.91 Å². The molecule has 4 aromatic rings. The Hall–Kier alpha value is -3.03. The summed E-state index contributed by atoms with van der Waals surface area (Å²) in [6.07, 6.45) is 6.68. The quantitative estimate of drug-likeness (QED) is 0.392. The molecule has 0 bridgehead atoms. The SMILES string of the molecule is Cc1noc(C(Cc2c[nH]c3ccccc23)NC2CCC(c3cccc(F)c3)(N(C)C)CC2)n1. The first-order valence-corrected chi connectivity index (χ1v) is 12.0. The third-order valence-electron chi connectivity index (χ3n) is 7.41. The van der Waals surface area contributed by atoms with Crippen LogP contribution in [0.3, 0.4) is 0 Å². The number of H-pyrrole nitrogens is 1. The number of nitrogens with zero attached hydrogens (tertiary/aromatic N) is 3. The van der Waals surface area contributed by atoms with E-state index in [1.807, 2.05) is 19.1 Å². The molecule has 1 saturated carbocycles. The van der Waals surface area contributed by atoms with Gasteiger partial charge in [-0.25, -0.2) is 4.39 Å². The van der Waals surface area contributed by atoms with Gasteiger partial charge in [-0.1, -0.05) is 35.5 Å². The Morgan fingerprint density at radius 1 is 1.18 bits per heavy atom. The van der Waals surface area contributed by atoms with Gasteiger partial charge in [-0.3, -0.25) is 4.90 Å². The second-order valence-electron chi connectivity index (χ2n) is 9.67. The molecular formula is C27H32FN5O. The Bertz CT molecular complexity index is 1250. The van der Waals surface area contributed by atoms with Crippen LogP contribution >= 0.6 is 0 Å². The minimum Gasteiger partial charge on any atom is -0.361 e. The van der Waals surface area contributed by atoms with Crippen molar-refractivity contribution in [2.24, 2.45) is 0 Å². The minimum atomic E-state index is -0.176. The lowest BCUT2D eigenvalue weighted by atomic mass is 9.74. The van der Waals surface area contributed by atoms with E-state index in [1.165, 1.54) is 17.0 Å². The number of para-hydroxylation sites is 1. The molecule has 0 amide bonds. The fraction of sp³-hybridized carbons (Fsp3) is 0.407. The van der Waals surface area contributed by atoms with Gasteiger partial charge in [0.15, 0.2) is 5.82 Å². The van der Waals surface area contributed by atoms with E-state index >= 15 is 0 Å². The van der Waals surface area contributed by atoms with Crippen LogP contribution in [0.1, 0.15) is 54.6 Å². The Morgan fingerprint density at radius 3 is 2.68 bits per heavy atom. The van der Waals surface area contributed by atoms with Crippen molar-refractivity contribution in [2.45, 2.75) is 56.7 Å². The number of rotatable bonds is 7. The number of benzene rings is 2. The van der Waals surface area contributed by atoms with Crippen molar-refractivity contribution in [2.75, 3.05) is 14.1 Å². The van der Waals surface area contributed by atoms with Crippen molar-refractivity contribution in [3.05, 3.63) is 83.4 Å². The summed E-state index contributed by atoms with van der Waals surface area (Å²) < 4.78 is 19.6. The summed E-state index contributed by atoms with van der Waals surface area (Å²) in [5.74, 6) is 1.09. The molecule has 7 heteroatoms. The van der Waals surface area contributed by atoms with E-state index in [0.29, 0.717) is 17.8 Å². The number of fused-ring (bicyclic) bond motifs is 1. The maximum Gasteiger partial charge on any atom is 0.244 e. The predicted octanol–water partition coefficient (Wildman–Crippen LogP) is 5.27. The average molecular weight is 462 g/mol. The number of halogens is 1. The Kier molecular flexibility index (Phi) is 6.23. The Balaban J connectivity index is 1.35.